The number of hydrogen-bond acceptors (Lipinski definition) is 8. The fourth-order valence-corrected chi connectivity index (χ4v) is 3.14. The zero-order valence-electron chi connectivity index (χ0n) is 17.0. The smallest absolute Gasteiger partial charge is 0.326 e. The van der Waals surface area contributed by atoms with Crippen LogP contribution in [0.25, 0.3) is 0 Å². The second kappa shape index (κ2) is 11.6. The van der Waals surface area contributed by atoms with Crippen molar-refractivity contribution in [3.63, 3.8) is 0 Å². The minimum atomic E-state index is -1.61. The average molecular weight is 458 g/mol. The van der Waals surface area contributed by atoms with E-state index in [9.17, 15) is 33.6 Å². The van der Waals surface area contributed by atoms with E-state index in [1.54, 1.807) is 0 Å². The van der Waals surface area contributed by atoms with Gasteiger partial charge in [-0.3, -0.25) is 28.8 Å². The summed E-state index contributed by atoms with van der Waals surface area (Å²) in [5, 5.41) is 22.5. The van der Waals surface area contributed by atoms with E-state index in [-0.39, 0.29) is 13.0 Å². The lowest BCUT2D eigenvalue weighted by Crippen LogP contribution is -2.57. The number of nitrogens with one attached hydrogen (secondary N) is 2. The standard InChI is InChI=1S/C17H26N6O9/c18-7(4-11(19)24)14(28)21-8(6-13(26)27)16(30)23-3-1-2-10(23)15(29)22-9(17(31)32)5-12(20)25/h7-10H,1-6,18H2,(H2,19,24)(H2,20,25)(H,21,28)(H,22,29)(H,26,27)(H,31,32). The molecule has 5 amide bonds. The van der Waals surface area contributed by atoms with Crippen LogP contribution in [0.2, 0.25) is 0 Å². The highest BCUT2D eigenvalue weighted by Gasteiger charge is 2.40. The Morgan fingerprint density at radius 2 is 1.50 bits per heavy atom. The molecule has 0 spiro atoms. The molecule has 0 aromatic heterocycles. The third-order valence-electron chi connectivity index (χ3n) is 4.61. The summed E-state index contributed by atoms with van der Waals surface area (Å²) in [4.78, 5) is 83.0. The molecule has 1 fully saturated rings. The molecule has 178 valence electrons. The summed E-state index contributed by atoms with van der Waals surface area (Å²) in [5.41, 5.74) is 15.4. The Morgan fingerprint density at radius 1 is 0.906 bits per heavy atom. The normalized spacial score (nSPS) is 18.2. The molecule has 0 aromatic carbocycles. The van der Waals surface area contributed by atoms with Crippen molar-refractivity contribution in [3.05, 3.63) is 0 Å². The lowest BCUT2D eigenvalue weighted by atomic mass is 10.1. The molecule has 15 nitrogen and oxygen atoms in total. The van der Waals surface area contributed by atoms with Crippen molar-refractivity contribution in [2.45, 2.75) is 56.3 Å². The van der Waals surface area contributed by atoms with E-state index >= 15 is 0 Å². The number of nitrogens with two attached hydrogens (primary N) is 3. The summed E-state index contributed by atoms with van der Waals surface area (Å²) < 4.78 is 0. The quantitative estimate of drug-likeness (QED) is 0.147. The Morgan fingerprint density at radius 3 is 2.00 bits per heavy atom. The Bertz CT molecular complexity index is 801. The van der Waals surface area contributed by atoms with Crippen molar-refractivity contribution in [3.8, 4) is 0 Å². The maximum Gasteiger partial charge on any atom is 0.326 e. The Labute approximate surface area is 181 Å². The van der Waals surface area contributed by atoms with E-state index in [1.807, 2.05) is 0 Å². The summed E-state index contributed by atoms with van der Waals surface area (Å²) in [6.45, 7) is 0.0316. The van der Waals surface area contributed by atoms with Crippen LogP contribution in [0.15, 0.2) is 0 Å². The number of carboxylic acid groups (broad SMARTS) is 2. The predicted octanol–water partition coefficient (Wildman–Crippen LogP) is -4.42. The van der Waals surface area contributed by atoms with E-state index in [1.165, 1.54) is 0 Å². The maximum atomic E-state index is 12.9. The first kappa shape index (κ1) is 26.3. The van der Waals surface area contributed by atoms with Crippen molar-refractivity contribution in [2.24, 2.45) is 17.2 Å². The SMILES string of the molecule is NC(=O)CC(N)C(=O)NC(CC(=O)O)C(=O)N1CCCC1C(=O)NC(CC(N)=O)C(=O)O. The van der Waals surface area contributed by atoms with Gasteiger partial charge in [0.25, 0.3) is 0 Å². The first-order chi connectivity index (χ1) is 14.8. The van der Waals surface area contributed by atoms with E-state index in [0.717, 1.165) is 4.90 Å². The van der Waals surface area contributed by atoms with Crippen molar-refractivity contribution in [2.75, 3.05) is 6.54 Å². The molecule has 1 saturated heterocycles. The summed E-state index contributed by atoms with van der Waals surface area (Å²) in [6, 6.07) is -5.80. The number of rotatable bonds is 12. The first-order valence-electron chi connectivity index (χ1n) is 9.51. The van der Waals surface area contributed by atoms with Gasteiger partial charge in [0.15, 0.2) is 0 Å². The van der Waals surface area contributed by atoms with Gasteiger partial charge in [-0.25, -0.2) is 4.79 Å². The number of aliphatic carboxylic acids is 2. The van der Waals surface area contributed by atoms with Gasteiger partial charge in [-0.05, 0) is 12.8 Å². The minimum absolute atomic E-state index is 0.0316. The van der Waals surface area contributed by atoms with Crippen LogP contribution in [0.1, 0.15) is 32.1 Å². The first-order valence-corrected chi connectivity index (χ1v) is 9.51. The molecule has 1 rings (SSSR count). The highest BCUT2D eigenvalue weighted by Crippen LogP contribution is 2.20. The van der Waals surface area contributed by atoms with Crippen LogP contribution in [0.5, 0.6) is 0 Å². The molecule has 1 heterocycles. The number of likely N-dealkylation sites (tertiary alicyclic amines) is 1. The van der Waals surface area contributed by atoms with Gasteiger partial charge >= 0.3 is 11.9 Å². The zero-order chi connectivity index (χ0) is 24.6. The van der Waals surface area contributed by atoms with E-state index in [0.29, 0.717) is 6.42 Å². The number of carbonyl (C=O) groups excluding carboxylic acids is 5. The van der Waals surface area contributed by atoms with E-state index < -0.39 is 84.9 Å². The van der Waals surface area contributed by atoms with Crippen molar-refractivity contribution < 1.29 is 43.8 Å². The summed E-state index contributed by atoms with van der Waals surface area (Å²) in [5.74, 6) is -7.56. The number of primary amides is 2. The Kier molecular flexibility index (Phi) is 9.52. The van der Waals surface area contributed by atoms with Crippen molar-refractivity contribution in [1.82, 2.24) is 15.5 Å². The lowest BCUT2D eigenvalue weighted by molar-refractivity contribution is -0.147. The summed E-state index contributed by atoms with van der Waals surface area (Å²) in [7, 11) is 0. The monoisotopic (exact) mass is 458 g/mol. The minimum Gasteiger partial charge on any atom is -0.481 e. The molecule has 0 aromatic rings. The third kappa shape index (κ3) is 7.82. The van der Waals surface area contributed by atoms with E-state index in [2.05, 4.69) is 10.6 Å². The number of hydrogen-bond donors (Lipinski definition) is 7. The van der Waals surface area contributed by atoms with Gasteiger partial charge in [0.1, 0.15) is 18.1 Å². The fourth-order valence-electron chi connectivity index (χ4n) is 3.14. The Balaban J connectivity index is 2.97. The maximum absolute atomic E-state index is 12.9. The number of nitrogens with zero attached hydrogens (tertiary/aromatic N) is 1. The van der Waals surface area contributed by atoms with Crippen LogP contribution in [0.4, 0.5) is 0 Å². The average Bonchev–Trinajstić information content (AvgIpc) is 3.14. The molecule has 4 atom stereocenters. The van der Waals surface area contributed by atoms with Gasteiger partial charge in [-0.2, -0.15) is 0 Å². The highest BCUT2D eigenvalue weighted by molar-refractivity contribution is 5.97. The molecule has 0 radical (unpaired) electrons. The van der Waals surface area contributed by atoms with Crippen LogP contribution in [-0.4, -0.2) is 87.3 Å². The van der Waals surface area contributed by atoms with Crippen LogP contribution in [0, 0.1) is 0 Å². The van der Waals surface area contributed by atoms with Crippen LogP contribution < -0.4 is 27.8 Å². The van der Waals surface area contributed by atoms with Gasteiger partial charge in [0, 0.05) is 6.54 Å². The molecule has 32 heavy (non-hydrogen) atoms. The second-order valence-electron chi connectivity index (χ2n) is 7.20. The molecular formula is C17H26N6O9. The largest absolute Gasteiger partial charge is 0.481 e. The van der Waals surface area contributed by atoms with Gasteiger partial charge in [-0.1, -0.05) is 0 Å². The summed E-state index contributed by atoms with van der Waals surface area (Å²) >= 11 is 0. The molecule has 1 aliphatic rings. The van der Waals surface area contributed by atoms with Gasteiger partial charge in [0.2, 0.25) is 29.5 Å². The lowest BCUT2D eigenvalue weighted by Gasteiger charge is -2.29. The number of amides is 5. The molecule has 4 unspecified atom stereocenters. The van der Waals surface area contributed by atoms with Crippen LogP contribution in [0.3, 0.4) is 0 Å². The number of carboxylic acids is 2. The van der Waals surface area contributed by atoms with E-state index in [4.69, 9.17) is 27.4 Å². The van der Waals surface area contributed by atoms with Gasteiger partial charge in [0.05, 0.1) is 25.3 Å². The molecule has 15 heteroatoms. The summed E-state index contributed by atoms with van der Waals surface area (Å²) in [6.07, 6.45) is -1.57. The van der Waals surface area contributed by atoms with Crippen LogP contribution >= 0.6 is 0 Å². The third-order valence-corrected chi connectivity index (χ3v) is 4.61. The van der Waals surface area contributed by atoms with Gasteiger partial charge < -0.3 is 42.9 Å². The topological polar surface area (TPSA) is 265 Å². The Hall–Kier alpha value is -3.75. The van der Waals surface area contributed by atoms with Gasteiger partial charge in [-0.15, -0.1) is 0 Å². The molecule has 1 aliphatic heterocycles. The van der Waals surface area contributed by atoms with Crippen LogP contribution in [-0.2, 0) is 33.6 Å². The molecule has 10 N–H and O–H groups in total. The molecular weight excluding hydrogens is 432 g/mol. The second-order valence-corrected chi connectivity index (χ2v) is 7.20. The van der Waals surface area contributed by atoms with Crippen molar-refractivity contribution in [1.29, 1.82) is 0 Å². The zero-order valence-corrected chi connectivity index (χ0v) is 17.0. The highest BCUT2D eigenvalue weighted by atomic mass is 16.4. The predicted molar refractivity (Wildman–Crippen MR) is 104 cm³/mol. The molecule has 0 aliphatic carbocycles. The van der Waals surface area contributed by atoms with Crippen molar-refractivity contribution >= 4 is 41.5 Å². The molecule has 0 saturated carbocycles. The molecule has 0 bridgehead atoms. The number of carbonyl (C=O) groups is 7. The fraction of sp³-hybridized carbons (Fsp3) is 0.588.